The number of nitriles is 1. The van der Waals surface area contributed by atoms with Crippen LogP contribution < -0.4 is 16.4 Å². The molecule has 0 bridgehead atoms. The normalized spacial score (nSPS) is 10.6. The van der Waals surface area contributed by atoms with E-state index in [9.17, 15) is 14.9 Å². The first-order valence-corrected chi connectivity index (χ1v) is 12.6. The highest BCUT2D eigenvalue weighted by atomic mass is 32.2. The highest BCUT2D eigenvalue weighted by Crippen LogP contribution is 2.24. The molecule has 0 aliphatic rings. The monoisotopic (exact) mass is 519 g/mol. The van der Waals surface area contributed by atoms with Gasteiger partial charge in [-0.1, -0.05) is 84.6 Å². The van der Waals surface area contributed by atoms with Crippen molar-refractivity contribution >= 4 is 34.4 Å². The number of hydrogen-bond donors (Lipinski definition) is 2. The predicted octanol–water partition coefficient (Wildman–Crippen LogP) is 4.01. The number of anilines is 1. The maximum atomic E-state index is 13.5. The van der Waals surface area contributed by atoms with Gasteiger partial charge in [-0.2, -0.15) is 5.26 Å². The van der Waals surface area contributed by atoms with Crippen LogP contribution in [0.4, 0.5) is 5.82 Å². The number of rotatable bonds is 8. The number of carbonyl (C=O) groups is 1. The summed E-state index contributed by atoms with van der Waals surface area (Å²) in [6.45, 7) is 0.214. The van der Waals surface area contributed by atoms with Crippen molar-refractivity contribution in [2.75, 3.05) is 11.2 Å². The molecular formula is C28H21N7O2S. The zero-order valence-corrected chi connectivity index (χ0v) is 20.9. The zero-order valence-electron chi connectivity index (χ0n) is 20.0. The Morgan fingerprint density at radius 3 is 2.42 bits per heavy atom. The van der Waals surface area contributed by atoms with Crippen molar-refractivity contribution in [2.45, 2.75) is 11.7 Å². The number of carbonyl (C=O) groups excluding carboxylic acids is 1. The number of fused-ring (bicyclic) bond motifs is 1. The number of nitrogens with one attached hydrogen (secondary N) is 2. The lowest BCUT2D eigenvalue weighted by Crippen LogP contribution is -2.32. The van der Waals surface area contributed by atoms with E-state index >= 15 is 0 Å². The van der Waals surface area contributed by atoms with E-state index in [1.807, 2.05) is 78.9 Å². The number of amides is 1. The highest BCUT2D eigenvalue weighted by molar-refractivity contribution is 7.99. The topological polar surface area (TPSA) is 126 Å². The van der Waals surface area contributed by atoms with Crippen LogP contribution in [-0.2, 0) is 11.3 Å². The van der Waals surface area contributed by atoms with Crippen molar-refractivity contribution in [1.29, 1.82) is 5.26 Å². The Kier molecular flexibility index (Phi) is 7.38. The number of aromatic nitrogens is 4. The first-order chi connectivity index (χ1) is 18.6. The molecule has 0 spiro atoms. The molecule has 2 heterocycles. The second-order valence-corrected chi connectivity index (χ2v) is 9.12. The smallest absolute Gasteiger partial charge is 0.273 e. The fourth-order valence-electron chi connectivity index (χ4n) is 3.86. The standard InChI is InChI=1S/C28H21N7O2S/c29-15-22-25(20-11-5-2-6-12-20)32-28(35(27(22)37)16-19-9-3-1-4-10-19)38-17-24(36)33-34-26-21-13-7-8-14-23(21)30-18-31-26/h1-14,18H,16-17H2,(H,33,36)(H,30,31,34). The van der Waals surface area contributed by atoms with Gasteiger partial charge in [-0.05, 0) is 17.7 Å². The Balaban J connectivity index is 1.41. The molecule has 0 saturated heterocycles. The minimum absolute atomic E-state index is 0.0304. The van der Waals surface area contributed by atoms with Crippen molar-refractivity contribution in [3.63, 3.8) is 0 Å². The largest absolute Gasteiger partial charge is 0.282 e. The van der Waals surface area contributed by atoms with Gasteiger partial charge in [-0.25, -0.2) is 15.0 Å². The van der Waals surface area contributed by atoms with Crippen LogP contribution >= 0.6 is 11.8 Å². The maximum absolute atomic E-state index is 13.5. The van der Waals surface area contributed by atoms with Gasteiger partial charge in [0.15, 0.2) is 11.0 Å². The van der Waals surface area contributed by atoms with E-state index in [4.69, 9.17) is 0 Å². The Morgan fingerprint density at radius 1 is 0.947 bits per heavy atom. The molecule has 0 unspecified atom stereocenters. The third kappa shape index (κ3) is 5.38. The predicted molar refractivity (Wildman–Crippen MR) is 146 cm³/mol. The molecular weight excluding hydrogens is 498 g/mol. The van der Waals surface area contributed by atoms with Crippen LogP contribution in [0, 0.1) is 11.3 Å². The van der Waals surface area contributed by atoms with Gasteiger partial charge in [0.25, 0.3) is 5.56 Å². The lowest BCUT2D eigenvalue weighted by Gasteiger charge is -2.15. The van der Waals surface area contributed by atoms with Crippen LogP contribution in [0.3, 0.4) is 0 Å². The quantitative estimate of drug-likeness (QED) is 0.179. The molecule has 2 N–H and O–H groups in total. The van der Waals surface area contributed by atoms with E-state index in [0.29, 0.717) is 16.5 Å². The molecule has 5 rings (SSSR count). The number of hydrogen-bond acceptors (Lipinski definition) is 8. The van der Waals surface area contributed by atoms with E-state index in [-0.39, 0.29) is 29.5 Å². The molecule has 0 radical (unpaired) electrons. The molecule has 38 heavy (non-hydrogen) atoms. The summed E-state index contributed by atoms with van der Waals surface area (Å²) in [6.07, 6.45) is 1.42. The molecule has 2 aromatic heterocycles. The van der Waals surface area contributed by atoms with Crippen molar-refractivity contribution in [1.82, 2.24) is 24.9 Å². The molecule has 3 aromatic carbocycles. The zero-order chi connectivity index (χ0) is 26.3. The number of benzene rings is 3. The van der Waals surface area contributed by atoms with Gasteiger partial charge in [0.2, 0.25) is 5.91 Å². The fraction of sp³-hybridized carbons (Fsp3) is 0.0714. The van der Waals surface area contributed by atoms with Crippen LogP contribution in [0.2, 0.25) is 0 Å². The molecule has 0 fully saturated rings. The molecule has 5 aromatic rings. The second kappa shape index (κ2) is 11.4. The van der Waals surface area contributed by atoms with Crippen molar-refractivity contribution in [3.05, 3.63) is 113 Å². The molecule has 186 valence electrons. The lowest BCUT2D eigenvalue weighted by molar-refractivity contribution is -0.118. The second-order valence-electron chi connectivity index (χ2n) is 8.17. The Bertz CT molecular complexity index is 1700. The third-order valence-electron chi connectivity index (χ3n) is 5.67. The fourth-order valence-corrected chi connectivity index (χ4v) is 4.65. The van der Waals surface area contributed by atoms with E-state index in [1.165, 1.54) is 10.9 Å². The van der Waals surface area contributed by atoms with Gasteiger partial charge in [0.05, 0.1) is 23.5 Å². The molecule has 0 atom stereocenters. The van der Waals surface area contributed by atoms with Crippen LogP contribution in [0.25, 0.3) is 22.2 Å². The Morgan fingerprint density at radius 2 is 1.66 bits per heavy atom. The third-order valence-corrected chi connectivity index (χ3v) is 6.65. The molecule has 9 nitrogen and oxygen atoms in total. The maximum Gasteiger partial charge on any atom is 0.273 e. The minimum Gasteiger partial charge on any atom is -0.282 e. The van der Waals surface area contributed by atoms with Gasteiger partial charge in [-0.15, -0.1) is 0 Å². The van der Waals surface area contributed by atoms with Crippen molar-refractivity contribution < 1.29 is 4.79 Å². The van der Waals surface area contributed by atoms with E-state index < -0.39 is 5.56 Å². The lowest BCUT2D eigenvalue weighted by atomic mass is 10.1. The Labute approximate surface area is 222 Å². The van der Waals surface area contributed by atoms with Gasteiger partial charge in [0, 0.05) is 10.9 Å². The van der Waals surface area contributed by atoms with Gasteiger partial charge in [-0.3, -0.25) is 25.0 Å². The summed E-state index contributed by atoms with van der Waals surface area (Å²) in [5.41, 5.74) is 7.55. The van der Waals surface area contributed by atoms with E-state index in [0.717, 1.165) is 28.2 Å². The Hall–Kier alpha value is -5.01. The SMILES string of the molecule is N#Cc1c(-c2ccccc2)nc(SCC(=O)NNc2ncnc3ccccc23)n(Cc2ccccc2)c1=O. The summed E-state index contributed by atoms with van der Waals surface area (Å²) >= 11 is 1.11. The average molecular weight is 520 g/mol. The van der Waals surface area contributed by atoms with Crippen LogP contribution in [-0.4, -0.2) is 31.2 Å². The average Bonchev–Trinajstić information content (AvgIpc) is 2.97. The van der Waals surface area contributed by atoms with E-state index in [1.54, 1.807) is 12.1 Å². The molecule has 0 saturated carbocycles. The van der Waals surface area contributed by atoms with Crippen LogP contribution in [0.1, 0.15) is 11.1 Å². The summed E-state index contributed by atoms with van der Waals surface area (Å²) in [7, 11) is 0. The number of thioether (sulfide) groups is 1. The highest BCUT2D eigenvalue weighted by Gasteiger charge is 2.19. The van der Waals surface area contributed by atoms with Gasteiger partial charge in [0.1, 0.15) is 18.0 Å². The van der Waals surface area contributed by atoms with Gasteiger partial charge < -0.3 is 0 Å². The minimum atomic E-state index is -0.460. The number of hydrazine groups is 1. The first-order valence-electron chi connectivity index (χ1n) is 11.7. The van der Waals surface area contributed by atoms with Gasteiger partial charge >= 0.3 is 0 Å². The molecule has 0 aliphatic heterocycles. The molecule has 10 heteroatoms. The van der Waals surface area contributed by atoms with E-state index in [2.05, 4.69) is 25.8 Å². The summed E-state index contributed by atoms with van der Waals surface area (Å²) in [5.74, 6) is 0.0961. The number of nitrogens with zero attached hydrogens (tertiary/aromatic N) is 5. The molecule has 1 amide bonds. The van der Waals surface area contributed by atoms with Crippen molar-refractivity contribution in [2.24, 2.45) is 0 Å². The summed E-state index contributed by atoms with van der Waals surface area (Å²) in [5, 5.41) is 10.9. The number of para-hydroxylation sites is 1. The molecule has 0 aliphatic carbocycles. The summed E-state index contributed by atoms with van der Waals surface area (Å²) in [6, 6.07) is 28.0. The summed E-state index contributed by atoms with van der Waals surface area (Å²) in [4.78, 5) is 39.3. The summed E-state index contributed by atoms with van der Waals surface area (Å²) < 4.78 is 1.43. The van der Waals surface area contributed by atoms with Crippen LogP contribution in [0.15, 0.2) is 101 Å². The van der Waals surface area contributed by atoms with Crippen LogP contribution in [0.5, 0.6) is 0 Å². The first kappa shape index (κ1) is 24.7. The van der Waals surface area contributed by atoms with Crippen molar-refractivity contribution in [3.8, 4) is 17.3 Å².